The van der Waals surface area contributed by atoms with Crippen LogP contribution in [0.1, 0.15) is 46.6 Å². The van der Waals surface area contributed by atoms with Crippen LogP contribution in [0.15, 0.2) is 30.3 Å². The predicted octanol–water partition coefficient (Wildman–Crippen LogP) is 3.78. The molecule has 1 aromatic heterocycles. The summed E-state index contributed by atoms with van der Waals surface area (Å²) in [6, 6.07) is 7.99. The zero-order chi connectivity index (χ0) is 24.1. The first-order valence-electron chi connectivity index (χ1n) is 11.7. The number of nitrogens with zero attached hydrogens (tertiary/aromatic N) is 2. The lowest BCUT2D eigenvalue weighted by molar-refractivity contribution is -0.139. The Bertz CT molecular complexity index is 1020. The van der Waals surface area contributed by atoms with Crippen LogP contribution in [0.2, 0.25) is 10.0 Å². The minimum Gasteiger partial charge on any atom is -0.480 e. The van der Waals surface area contributed by atoms with Gasteiger partial charge in [0.2, 0.25) is 0 Å². The van der Waals surface area contributed by atoms with Crippen molar-refractivity contribution in [3.8, 4) is 0 Å². The van der Waals surface area contributed by atoms with Crippen LogP contribution < -0.4 is 5.32 Å². The fourth-order valence-electron chi connectivity index (χ4n) is 4.42. The fraction of sp³-hybridized carbons (Fsp3) is 0.480. The third-order valence-corrected chi connectivity index (χ3v) is 7.03. The highest BCUT2D eigenvalue weighted by Gasteiger charge is 2.30. The van der Waals surface area contributed by atoms with Crippen molar-refractivity contribution in [3.63, 3.8) is 0 Å². The van der Waals surface area contributed by atoms with Gasteiger partial charge in [-0.15, -0.1) is 0 Å². The molecule has 7 nitrogen and oxygen atoms in total. The smallest absolute Gasteiger partial charge is 0.326 e. The molecule has 4 rings (SSSR count). The van der Waals surface area contributed by atoms with E-state index >= 15 is 0 Å². The van der Waals surface area contributed by atoms with E-state index in [4.69, 9.17) is 32.9 Å². The van der Waals surface area contributed by atoms with Gasteiger partial charge in [0.05, 0.1) is 28.3 Å². The molecule has 1 fully saturated rings. The summed E-state index contributed by atoms with van der Waals surface area (Å²) in [6.07, 6.45) is 5.89. The summed E-state index contributed by atoms with van der Waals surface area (Å²) >= 11 is 12.1. The number of amides is 1. The number of hydrogen-bond donors (Lipinski definition) is 2. The summed E-state index contributed by atoms with van der Waals surface area (Å²) in [7, 11) is 0. The number of likely N-dealkylation sites (tertiary alicyclic amines) is 1. The minimum atomic E-state index is -1.10. The molecule has 2 heterocycles. The van der Waals surface area contributed by atoms with Gasteiger partial charge in [0.25, 0.3) is 5.91 Å². The monoisotopic (exact) mass is 505 g/mol. The van der Waals surface area contributed by atoms with E-state index in [0.717, 1.165) is 38.0 Å². The Labute approximate surface area is 209 Å². The molecule has 2 N–H and O–H groups in total. The van der Waals surface area contributed by atoms with E-state index in [1.54, 1.807) is 18.2 Å². The van der Waals surface area contributed by atoms with Crippen molar-refractivity contribution in [1.82, 2.24) is 15.2 Å². The molecule has 1 aromatic carbocycles. The average Bonchev–Trinajstić information content (AvgIpc) is 2.78. The zero-order valence-corrected chi connectivity index (χ0v) is 20.4. The first-order valence-corrected chi connectivity index (χ1v) is 12.5. The van der Waals surface area contributed by atoms with Crippen molar-refractivity contribution in [2.24, 2.45) is 0 Å². The first-order chi connectivity index (χ1) is 16.4. The summed E-state index contributed by atoms with van der Waals surface area (Å²) in [6.45, 7) is 2.65. The van der Waals surface area contributed by atoms with Crippen molar-refractivity contribution in [2.75, 3.05) is 26.2 Å². The maximum atomic E-state index is 12.5. The number of aliphatic carboxylic acids is 1. The molecule has 34 heavy (non-hydrogen) atoms. The van der Waals surface area contributed by atoms with Crippen LogP contribution in [-0.2, 0) is 28.8 Å². The van der Waals surface area contributed by atoms with Crippen LogP contribution in [0.4, 0.5) is 0 Å². The average molecular weight is 506 g/mol. The number of pyridine rings is 1. The molecular weight excluding hydrogens is 477 g/mol. The van der Waals surface area contributed by atoms with E-state index < -0.39 is 17.9 Å². The molecule has 0 saturated carbocycles. The molecule has 0 bridgehead atoms. The molecule has 0 unspecified atom stereocenters. The van der Waals surface area contributed by atoms with Crippen LogP contribution in [0, 0.1) is 0 Å². The highest BCUT2D eigenvalue weighted by molar-refractivity contribution is 6.39. The summed E-state index contributed by atoms with van der Waals surface area (Å²) < 4.78 is 5.96. The van der Waals surface area contributed by atoms with Crippen molar-refractivity contribution < 1.29 is 19.4 Å². The summed E-state index contributed by atoms with van der Waals surface area (Å²) in [5, 5.41) is 12.4. The highest BCUT2D eigenvalue weighted by Crippen LogP contribution is 2.24. The topological polar surface area (TPSA) is 91.8 Å². The second-order valence-corrected chi connectivity index (χ2v) is 9.68. The third kappa shape index (κ3) is 6.27. The van der Waals surface area contributed by atoms with E-state index in [1.165, 1.54) is 24.1 Å². The molecular formula is C25H29Cl2N3O4. The molecule has 9 heteroatoms. The van der Waals surface area contributed by atoms with Gasteiger partial charge in [0, 0.05) is 37.4 Å². The second kappa shape index (κ2) is 11.5. The second-order valence-electron chi connectivity index (χ2n) is 8.87. The number of fused-ring (bicyclic) bond motifs is 1. The van der Waals surface area contributed by atoms with Gasteiger partial charge in [-0.2, -0.15) is 0 Å². The SMILES string of the molecule is O=C(N[C@@H](CCN1CC(OCCc2ccc3c(n2)CCCC3)C1)C(=O)O)c1c(Cl)cccc1Cl. The number of nitrogens with one attached hydrogen (secondary N) is 1. The Kier molecular flexibility index (Phi) is 8.42. The normalized spacial score (nSPS) is 17.0. The quantitative estimate of drug-likeness (QED) is 0.510. The Hall–Kier alpha value is -2.19. The van der Waals surface area contributed by atoms with Crippen LogP contribution in [0.5, 0.6) is 0 Å². The highest BCUT2D eigenvalue weighted by atomic mass is 35.5. The number of rotatable bonds is 10. The number of carbonyl (C=O) groups is 2. The number of halogens is 2. The maximum absolute atomic E-state index is 12.5. The van der Waals surface area contributed by atoms with Crippen molar-refractivity contribution >= 4 is 35.1 Å². The molecule has 0 radical (unpaired) electrons. The van der Waals surface area contributed by atoms with E-state index in [0.29, 0.717) is 13.2 Å². The largest absolute Gasteiger partial charge is 0.480 e. The lowest BCUT2D eigenvalue weighted by Gasteiger charge is -2.39. The Balaban J connectivity index is 1.17. The van der Waals surface area contributed by atoms with Crippen molar-refractivity contribution in [1.29, 1.82) is 0 Å². The lowest BCUT2D eigenvalue weighted by Crippen LogP contribution is -2.54. The maximum Gasteiger partial charge on any atom is 0.326 e. The van der Waals surface area contributed by atoms with Gasteiger partial charge in [-0.25, -0.2) is 4.79 Å². The van der Waals surface area contributed by atoms with Crippen molar-refractivity contribution in [3.05, 3.63) is 62.9 Å². The number of benzene rings is 1. The zero-order valence-electron chi connectivity index (χ0n) is 18.9. The molecule has 2 aliphatic rings. The number of ether oxygens (including phenoxy) is 1. The van der Waals surface area contributed by atoms with Crippen LogP contribution in [-0.4, -0.2) is 65.3 Å². The Morgan fingerprint density at radius 1 is 1.15 bits per heavy atom. The summed E-state index contributed by atoms with van der Waals surface area (Å²) in [5.41, 5.74) is 3.80. The number of aromatic nitrogens is 1. The van der Waals surface area contributed by atoms with E-state index in [9.17, 15) is 14.7 Å². The standard InChI is InChI=1S/C25H29Cl2N3O4/c26-19-5-3-6-20(27)23(19)24(31)29-22(25(32)33)10-12-30-14-18(15-30)34-13-11-17-9-8-16-4-1-2-7-21(16)28-17/h3,5-6,8-9,18,22H,1-2,4,7,10-15H2,(H,29,31)(H,32,33)/t22-/m0/s1. The molecule has 1 atom stereocenters. The van der Waals surface area contributed by atoms with Gasteiger partial charge >= 0.3 is 5.97 Å². The van der Waals surface area contributed by atoms with E-state index in [-0.39, 0.29) is 28.1 Å². The number of aryl methyl sites for hydroxylation is 2. The number of carboxylic acids is 1. The van der Waals surface area contributed by atoms with E-state index in [1.807, 2.05) is 0 Å². The lowest BCUT2D eigenvalue weighted by atomic mass is 9.96. The van der Waals surface area contributed by atoms with Gasteiger partial charge in [-0.1, -0.05) is 35.3 Å². The number of carbonyl (C=O) groups excluding carboxylic acids is 1. The Morgan fingerprint density at radius 2 is 1.88 bits per heavy atom. The molecule has 0 spiro atoms. The van der Waals surface area contributed by atoms with Gasteiger partial charge in [-0.3, -0.25) is 14.7 Å². The minimum absolute atomic E-state index is 0.0860. The first kappa shape index (κ1) is 24.9. The predicted molar refractivity (Wildman–Crippen MR) is 131 cm³/mol. The molecule has 2 aromatic rings. The van der Waals surface area contributed by atoms with Crippen LogP contribution >= 0.6 is 23.2 Å². The third-order valence-electron chi connectivity index (χ3n) is 6.40. The van der Waals surface area contributed by atoms with E-state index in [2.05, 4.69) is 22.3 Å². The molecule has 182 valence electrons. The van der Waals surface area contributed by atoms with Crippen LogP contribution in [0.25, 0.3) is 0 Å². The Morgan fingerprint density at radius 3 is 2.62 bits per heavy atom. The van der Waals surface area contributed by atoms with Gasteiger partial charge in [-0.05, 0) is 55.9 Å². The fourth-order valence-corrected chi connectivity index (χ4v) is 4.99. The molecule has 1 saturated heterocycles. The molecule has 1 aliphatic heterocycles. The van der Waals surface area contributed by atoms with Crippen molar-refractivity contribution in [2.45, 2.75) is 50.7 Å². The van der Waals surface area contributed by atoms with Crippen LogP contribution in [0.3, 0.4) is 0 Å². The van der Waals surface area contributed by atoms with Gasteiger partial charge in [0.1, 0.15) is 6.04 Å². The van der Waals surface area contributed by atoms with Gasteiger partial charge < -0.3 is 15.2 Å². The molecule has 1 aliphatic carbocycles. The van der Waals surface area contributed by atoms with Gasteiger partial charge in [0.15, 0.2) is 0 Å². The summed E-state index contributed by atoms with van der Waals surface area (Å²) in [5.74, 6) is -1.69. The molecule has 1 amide bonds. The number of hydrogen-bond acceptors (Lipinski definition) is 5. The summed E-state index contributed by atoms with van der Waals surface area (Å²) in [4.78, 5) is 31.1. The number of carboxylic acid groups (broad SMARTS) is 1.